The molecule has 1 fully saturated rings. The molecule has 1 aromatic heterocycles. The lowest BCUT2D eigenvalue weighted by atomic mass is 9.84. The SMILES string of the molecule is BrC(c1ccc(C2CCCCC2)cc1)c1ccco1. The molecule has 0 radical (unpaired) electrons. The third-order valence-electron chi connectivity index (χ3n) is 4.10. The van der Waals surface area contributed by atoms with E-state index >= 15 is 0 Å². The lowest BCUT2D eigenvalue weighted by Gasteiger charge is -2.22. The Labute approximate surface area is 123 Å². The number of benzene rings is 1. The van der Waals surface area contributed by atoms with Crippen molar-refractivity contribution in [3.8, 4) is 0 Å². The summed E-state index contributed by atoms with van der Waals surface area (Å²) in [4.78, 5) is 0.155. The highest BCUT2D eigenvalue weighted by atomic mass is 79.9. The molecule has 1 atom stereocenters. The average Bonchev–Trinajstić information content (AvgIpc) is 3.02. The van der Waals surface area contributed by atoms with Crippen LogP contribution >= 0.6 is 15.9 Å². The summed E-state index contributed by atoms with van der Waals surface area (Å²) in [5.41, 5.74) is 2.76. The van der Waals surface area contributed by atoms with Crippen molar-refractivity contribution in [3.63, 3.8) is 0 Å². The lowest BCUT2D eigenvalue weighted by molar-refractivity contribution is 0.443. The summed E-state index contributed by atoms with van der Waals surface area (Å²) >= 11 is 3.70. The van der Waals surface area contributed by atoms with Crippen LogP contribution < -0.4 is 0 Å². The summed E-state index contributed by atoms with van der Waals surface area (Å²) in [5.74, 6) is 1.74. The van der Waals surface area contributed by atoms with Crippen LogP contribution in [0.4, 0.5) is 0 Å². The molecule has 1 unspecified atom stereocenters. The van der Waals surface area contributed by atoms with Crippen LogP contribution in [-0.4, -0.2) is 0 Å². The normalized spacial score (nSPS) is 18.4. The zero-order valence-electron chi connectivity index (χ0n) is 11.0. The highest BCUT2D eigenvalue weighted by Gasteiger charge is 2.17. The van der Waals surface area contributed by atoms with E-state index in [4.69, 9.17) is 4.42 Å². The molecule has 0 N–H and O–H groups in total. The van der Waals surface area contributed by atoms with Crippen molar-refractivity contribution in [2.75, 3.05) is 0 Å². The third-order valence-corrected chi connectivity index (χ3v) is 5.08. The van der Waals surface area contributed by atoms with Gasteiger partial charge in [0.1, 0.15) is 5.76 Å². The quantitative estimate of drug-likeness (QED) is 0.651. The van der Waals surface area contributed by atoms with E-state index in [9.17, 15) is 0 Å². The smallest absolute Gasteiger partial charge is 0.121 e. The third kappa shape index (κ3) is 2.94. The van der Waals surface area contributed by atoms with E-state index in [1.807, 2.05) is 12.1 Å². The molecule has 2 heteroatoms. The molecule has 0 amide bonds. The predicted octanol–water partition coefficient (Wildman–Crippen LogP) is 5.81. The van der Waals surface area contributed by atoms with Crippen LogP contribution in [0.25, 0.3) is 0 Å². The van der Waals surface area contributed by atoms with Gasteiger partial charge in [0.05, 0.1) is 11.1 Å². The van der Waals surface area contributed by atoms with Gasteiger partial charge in [0.15, 0.2) is 0 Å². The second kappa shape index (κ2) is 5.96. The van der Waals surface area contributed by atoms with Crippen LogP contribution in [0.2, 0.25) is 0 Å². The van der Waals surface area contributed by atoms with Crippen molar-refractivity contribution in [3.05, 3.63) is 59.5 Å². The zero-order chi connectivity index (χ0) is 13.1. The first-order valence-corrected chi connectivity index (χ1v) is 8.03. The Morgan fingerprint density at radius 3 is 2.37 bits per heavy atom. The van der Waals surface area contributed by atoms with Gasteiger partial charge in [-0.25, -0.2) is 0 Å². The Morgan fingerprint density at radius 2 is 1.74 bits per heavy atom. The van der Waals surface area contributed by atoms with E-state index in [-0.39, 0.29) is 4.83 Å². The standard InChI is InChI=1S/C17H19BrO/c18-17(16-7-4-12-19-16)15-10-8-14(9-11-15)13-5-2-1-3-6-13/h4,7-13,17H,1-3,5-6H2. The minimum Gasteiger partial charge on any atom is -0.468 e. The van der Waals surface area contributed by atoms with E-state index in [1.165, 1.54) is 43.2 Å². The highest BCUT2D eigenvalue weighted by molar-refractivity contribution is 9.09. The van der Waals surface area contributed by atoms with Crippen molar-refractivity contribution in [1.29, 1.82) is 0 Å². The minimum absolute atomic E-state index is 0.155. The molecule has 100 valence electrons. The molecule has 1 heterocycles. The molecule has 3 rings (SSSR count). The summed E-state index contributed by atoms with van der Waals surface area (Å²) in [6.07, 6.45) is 8.63. The largest absolute Gasteiger partial charge is 0.468 e. The fourth-order valence-corrected chi connectivity index (χ4v) is 3.54. The van der Waals surface area contributed by atoms with Crippen molar-refractivity contribution in [2.24, 2.45) is 0 Å². The Bertz CT molecular complexity index is 495. The molecular weight excluding hydrogens is 300 g/mol. The number of furan rings is 1. The molecule has 2 aromatic rings. The van der Waals surface area contributed by atoms with Crippen molar-refractivity contribution in [1.82, 2.24) is 0 Å². The van der Waals surface area contributed by atoms with Crippen LogP contribution in [-0.2, 0) is 0 Å². The maximum absolute atomic E-state index is 5.45. The second-order valence-corrected chi connectivity index (χ2v) is 6.30. The first-order valence-electron chi connectivity index (χ1n) is 7.12. The van der Waals surface area contributed by atoms with E-state index in [0.29, 0.717) is 0 Å². The van der Waals surface area contributed by atoms with Gasteiger partial charge in [-0.05, 0) is 42.0 Å². The van der Waals surface area contributed by atoms with Crippen LogP contribution in [0.15, 0.2) is 47.1 Å². The number of alkyl halides is 1. The van der Waals surface area contributed by atoms with E-state index < -0.39 is 0 Å². The molecule has 1 aromatic carbocycles. The number of hydrogen-bond donors (Lipinski definition) is 0. The summed E-state index contributed by atoms with van der Waals surface area (Å²) < 4.78 is 5.45. The molecule has 1 nitrogen and oxygen atoms in total. The Kier molecular flexibility index (Phi) is 4.07. The van der Waals surface area contributed by atoms with Gasteiger partial charge in [-0.3, -0.25) is 0 Å². The molecule has 0 spiro atoms. The van der Waals surface area contributed by atoms with E-state index in [1.54, 1.807) is 6.26 Å². The van der Waals surface area contributed by atoms with Gasteiger partial charge < -0.3 is 4.42 Å². The first kappa shape index (κ1) is 13.0. The van der Waals surface area contributed by atoms with Crippen LogP contribution in [0.1, 0.15) is 59.7 Å². The Balaban J connectivity index is 1.75. The monoisotopic (exact) mass is 318 g/mol. The van der Waals surface area contributed by atoms with Crippen molar-refractivity contribution in [2.45, 2.75) is 42.8 Å². The zero-order valence-corrected chi connectivity index (χ0v) is 12.6. The van der Waals surface area contributed by atoms with Crippen LogP contribution in [0.3, 0.4) is 0 Å². The van der Waals surface area contributed by atoms with Gasteiger partial charge in [-0.15, -0.1) is 0 Å². The molecule has 1 aliphatic carbocycles. The minimum atomic E-state index is 0.155. The summed E-state index contributed by atoms with van der Waals surface area (Å²) in [6, 6.07) is 13.0. The molecule has 0 saturated heterocycles. The van der Waals surface area contributed by atoms with E-state index in [2.05, 4.69) is 40.2 Å². The van der Waals surface area contributed by atoms with Gasteiger partial charge >= 0.3 is 0 Å². The predicted molar refractivity (Wildman–Crippen MR) is 81.7 cm³/mol. The fraction of sp³-hybridized carbons (Fsp3) is 0.412. The second-order valence-electron chi connectivity index (χ2n) is 5.38. The number of rotatable bonds is 3. The highest BCUT2D eigenvalue weighted by Crippen LogP contribution is 2.35. The van der Waals surface area contributed by atoms with Crippen molar-refractivity contribution < 1.29 is 4.42 Å². The Morgan fingerprint density at radius 1 is 1.00 bits per heavy atom. The van der Waals surface area contributed by atoms with Crippen LogP contribution in [0.5, 0.6) is 0 Å². The van der Waals surface area contributed by atoms with Gasteiger partial charge in [-0.2, -0.15) is 0 Å². The van der Waals surface area contributed by atoms with Crippen molar-refractivity contribution >= 4 is 15.9 Å². The fourth-order valence-electron chi connectivity index (χ4n) is 2.97. The van der Waals surface area contributed by atoms with Gasteiger partial charge in [-0.1, -0.05) is 59.5 Å². The average molecular weight is 319 g/mol. The Hall–Kier alpha value is -1.02. The maximum Gasteiger partial charge on any atom is 0.121 e. The number of halogens is 1. The number of hydrogen-bond acceptors (Lipinski definition) is 1. The molecular formula is C17H19BrO. The summed E-state index contributed by atoms with van der Waals surface area (Å²) in [5, 5.41) is 0. The van der Waals surface area contributed by atoms with Gasteiger partial charge in [0.2, 0.25) is 0 Å². The summed E-state index contributed by atoms with van der Waals surface area (Å²) in [7, 11) is 0. The van der Waals surface area contributed by atoms with Gasteiger partial charge in [0.25, 0.3) is 0 Å². The molecule has 0 bridgehead atoms. The molecule has 19 heavy (non-hydrogen) atoms. The van der Waals surface area contributed by atoms with Gasteiger partial charge in [0, 0.05) is 0 Å². The summed E-state index contributed by atoms with van der Waals surface area (Å²) in [6.45, 7) is 0. The topological polar surface area (TPSA) is 13.1 Å². The maximum atomic E-state index is 5.45. The molecule has 1 saturated carbocycles. The first-order chi connectivity index (χ1) is 9.34. The molecule has 0 aliphatic heterocycles. The molecule has 1 aliphatic rings. The van der Waals surface area contributed by atoms with E-state index in [0.717, 1.165) is 11.7 Å². The lowest BCUT2D eigenvalue weighted by Crippen LogP contribution is -2.04. The van der Waals surface area contributed by atoms with Crippen LogP contribution in [0, 0.1) is 0 Å².